The van der Waals surface area contributed by atoms with E-state index in [1.54, 1.807) is 25.3 Å². The van der Waals surface area contributed by atoms with Gasteiger partial charge in [-0.25, -0.2) is 4.79 Å². The molecule has 0 amide bonds. The van der Waals surface area contributed by atoms with Crippen molar-refractivity contribution in [2.45, 2.75) is 6.92 Å². The summed E-state index contributed by atoms with van der Waals surface area (Å²) in [7, 11) is 1.56. The minimum atomic E-state index is -1.07. The van der Waals surface area contributed by atoms with E-state index in [9.17, 15) is 9.59 Å². The topological polar surface area (TPSA) is 68.5 Å². The lowest BCUT2D eigenvalue weighted by Crippen LogP contribution is -2.19. The molecule has 1 N–H and O–H groups in total. The number of rotatable bonds is 3. The van der Waals surface area contributed by atoms with Crippen molar-refractivity contribution in [3.8, 4) is 11.4 Å². The van der Waals surface area contributed by atoms with Crippen LogP contribution in [0.25, 0.3) is 5.69 Å². The normalized spacial score (nSPS) is 10.2. The molecule has 0 unspecified atom stereocenters. The van der Waals surface area contributed by atoms with E-state index in [1.165, 1.54) is 22.9 Å². The Labute approximate surface area is 109 Å². The Morgan fingerprint density at radius 2 is 2.00 bits per heavy atom. The minimum Gasteiger partial charge on any atom is -0.497 e. The zero-order valence-corrected chi connectivity index (χ0v) is 10.6. The fraction of sp³-hybridized carbons (Fsp3) is 0.143. The van der Waals surface area contributed by atoms with E-state index >= 15 is 0 Å². The number of hydrogen-bond acceptors (Lipinski definition) is 3. The highest BCUT2D eigenvalue weighted by Gasteiger charge is 2.09. The summed E-state index contributed by atoms with van der Waals surface area (Å²) in [5, 5.41) is 8.96. The number of pyridine rings is 1. The summed E-state index contributed by atoms with van der Waals surface area (Å²) >= 11 is 0. The second kappa shape index (κ2) is 4.97. The zero-order chi connectivity index (χ0) is 14.0. The van der Waals surface area contributed by atoms with Gasteiger partial charge in [-0.15, -0.1) is 0 Å². The molecule has 1 heterocycles. The molecule has 19 heavy (non-hydrogen) atoms. The number of benzene rings is 1. The summed E-state index contributed by atoms with van der Waals surface area (Å²) in [6, 6.07) is 7.77. The molecule has 5 nitrogen and oxygen atoms in total. The zero-order valence-electron chi connectivity index (χ0n) is 10.6. The van der Waals surface area contributed by atoms with E-state index in [-0.39, 0.29) is 11.1 Å². The second-order valence-corrected chi connectivity index (χ2v) is 4.08. The van der Waals surface area contributed by atoms with E-state index < -0.39 is 5.97 Å². The number of nitrogens with zero attached hydrogens (tertiary/aromatic N) is 1. The average Bonchev–Trinajstić information content (AvgIpc) is 2.39. The molecule has 0 aliphatic carbocycles. The van der Waals surface area contributed by atoms with Crippen LogP contribution in [0.2, 0.25) is 0 Å². The molecule has 5 heteroatoms. The lowest BCUT2D eigenvalue weighted by Gasteiger charge is -2.11. The van der Waals surface area contributed by atoms with Crippen molar-refractivity contribution in [2.24, 2.45) is 0 Å². The number of carbonyl (C=O) groups is 1. The molecule has 0 bridgehead atoms. The first-order chi connectivity index (χ1) is 9.02. The van der Waals surface area contributed by atoms with Gasteiger partial charge < -0.3 is 9.84 Å². The Balaban J connectivity index is 2.61. The molecule has 1 aromatic carbocycles. The summed E-state index contributed by atoms with van der Waals surface area (Å²) in [6.45, 7) is 1.83. The van der Waals surface area contributed by atoms with E-state index in [4.69, 9.17) is 9.84 Å². The largest absolute Gasteiger partial charge is 0.497 e. The van der Waals surface area contributed by atoms with Crippen molar-refractivity contribution in [1.82, 2.24) is 4.57 Å². The fourth-order valence-electron chi connectivity index (χ4n) is 1.83. The van der Waals surface area contributed by atoms with Crippen LogP contribution in [0.15, 0.2) is 41.3 Å². The number of hydrogen-bond donors (Lipinski definition) is 1. The first-order valence-electron chi connectivity index (χ1n) is 5.64. The van der Waals surface area contributed by atoms with Crippen LogP contribution in [0.4, 0.5) is 0 Å². The number of ether oxygens (including phenoxy) is 1. The number of carboxylic acid groups (broad SMARTS) is 1. The molecule has 0 saturated heterocycles. The van der Waals surface area contributed by atoms with Gasteiger partial charge in [-0.1, -0.05) is 0 Å². The van der Waals surface area contributed by atoms with Gasteiger partial charge in [0.2, 0.25) is 0 Å². The third-order valence-corrected chi connectivity index (χ3v) is 2.82. The SMILES string of the molecule is COc1ccc(-n2cc(C(=O)O)ccc2=O)c(C)c1. The number of methoxy groups -OCH3 is 1. The second-order valence-electron chi connectivity index (χ2n) is 4.08. The van der Waals surface area contributed by atoms with Gasteiger partial charge in [0.25, 0.3) is 5.56 Å². The Bertz CT molecular complexity index is 688. The maximum Gasteiger partial charge on any atom is 0.337 e. The van der Waals surface area contributed by atoms with E-state index in [1.807, 2.05) is 6.92 Å². The van der Waals surface area contributed by atoms with Gasteiger partial charge in [0.05, 0.1) is 18.4 Å². The highest BCUT2D eigenvalue weighted by molar-refractivity contribution is 5.87. The highest BCUT2D eigenvalue weighted by atomic mass is 16.5. The number of aromatic carboxylic acids is 1. The van der Waals surface area contributed by atoms with Crippen molar-refractivity contribution >= 4 is 5.97 Å². The average molecular weight is 259 g/mol. The quantitative estimate of drug-likeness (QED) is 0.913. The predicted octanol–water partition coefficient (Wildman–Crippen LogP) is 1.85. The Morgan fingerprint density at radius 3 is 2.58 bits per heavy atom. The molecule has 98 valence electrons. The number of aromatic nitrogens is 1. The van der Waals surface area contributed by atoms with Gasteiger partial charge in [-0.2, -0.15) is 0 Å². The molecule has 0 saturated carbocycles. The van der Waals surface area contributed by atoms with Crippen molar-refractivity contribution in [1.29, 1.82) is 0 Å². The third-order valence-electron chi connectivity index (χ3n) is 2.82. The predicted molar refractivity (Wildman–Crippen MR) is 70.3 cm³/mol. The van der Waals surface area contributed by atoms with Crippen LogP contribution in [-0.4, -0.2) is 22.8 Å². The smallest absolute Gasteiger partial charge is 0.337 e. The highest BCUT2D eigenvalue weighted by Crippen LogP contribution is 2.19. The van der Waals surface area contributed by atoms with E-state index in [0.717, 1.165) is 5.56 Å². The standard InChI is InChI=1S/C14H13NO4/c1-9-7-11(19-2)4-5-12(9)15-8-10(14(17)18)3-6-13(15)16/h3-8H,1-2H3,(H,17,18). The van der Waals surface area contributed by atoms with Gasteiger partial charge in [0.15, 0.2) is 0 Å². The van der Waals surface area contributed by atoms with Crippen molar-refractivity contribution in [3.63, 3.8) is 0 Å². The van der Waals surface area contributed by atoms with E-state index in [2.05, 4.69) is 0 Å². The van der Waals surface area contributed by atoms with Gasteiger partial charge in [-0.05, 0) is 36.8 Å². The van der Waals surface area contributed by atoms with Crippen LogP contribution in [0.5, 0.6) is 5.75 Å². The molecule has 1 aromatic heterocycles. The molecule has 0 atom stereocenters. The van der Waals surface area contributed by atoms with Crippen molar-refractivity contribution < 1.29 is 14.6 Å². The van der Waals surface area contributed by atoms with Crippen LogP contribution in [0, 0.1) is 6.92 Å². The maximum atomic E-state index is 11.8. The Morgan fingerprint density at radius 1 is 1.26 bits per heavy atom. The number of carboxylic acids is 1. The van der Waals surface area contributed by atoms with Crippen molar-refractivity contribution in [2.75, 3.05) is 7.11 Å². The van der Waals surface area contributed by atoms with Gasteiger partial charge >= 0.3 is 5.97 Å². The summed E-state index contributed by atoms with van der Waals surface area (Å²) in [5.74, 6) is -0.386. The molecule has 0 aliphatic rings. The maximum absolute atomic E-state index is 11.8. The van der Waals surface area contributed by atoms with Crippen LogP contribution in [0.1, 0.15) is 15.9 Å². The molecule has 2 aromatic rings. The molecular formula is C14H13NO4. The van der Waals surface area contributed by atoms with Crippen LogP contribution in [0.3, 0.4) is 0 Å². The lowest BCUT2D eigenvalue weighted by molar-refractivity contribution is 0.0696. The first kappa shape index (κ1) is 12.9. The van der Waals surface area contributed by atoms with E-state index in [0.29, 0.717) is 11.4 Å². The minimum absolute atomic E-state index is 0.0646. The molecule has 0 fully saturated rings. The molecule has 0 aliphatic heterocycles. The Kier molecular flexibility index (Phi) is 3.37. The molecule has 2 rings (SSSR count). The molecule has 0 spiro atoms. The molecular weight excluding hydrogens is 246 g/mol. The molecule has 0 radical (unpaired) electrons. The van der Waals surface area contributed by atoms with Crippen LogP contribution >= 0.6 is 0 Å². The van der Waals surface area contributed by atoms with Crippen LogP contribution < -0.4 is 10.3 Å². The van der Waals surface area contributed by atoms with Crippen molar-refractivity contribution in [3.05, 3.63) is 58.0 Å². The first-order valence-corrected chi connectivity index (χ1v) is 5.64. The van der Waals surface area contributed by atoms with Crippen LogP contribution in [-0.2, 0) is 0 Å². The lowest BCUT2D eigenvalue weighted by atomic mass is 10.1. The fourth-order valence-corrected chi connectivity index (χ4v) is 1.83. The summed E-state index contributed by atoms with van der Waals surface area (Å²) < 4.78 is 6.41. The van der Waals surface area contributed by atoms with Gasteiger partial charge in [0, 0.05) is 12.3 Å². The Hall–Kier alpha value is -2.56. The monoisotopic (exact) mass is 259 g/mol. The van der Waals surface area contributed by atoms with Gasteiger partial charge in [-0.3, -0.25) is 9.36 Å². The summed E-state index contributed by atoms with van der Waals surface area (Å²) in [6.07, 6.45) is 1.32. The van der Waals surface area contributed by atoms with Gasteiger partial charge in [0.1, 0.15) is 5.75 Å². The number of aryl methyl sites for hydroxylation is 1. The third kappa shape index (κ3) is 2.49. The summed E-state index contributed by atoms with van der Waals surface area (Å²) in [5.41, 5.74) is 1.24. The summed E-state index contributed by atoms with van der Waals surface area (Å²) in [4.78, 5) is 22.8.